The molecule has 0 aromatic carbocycles. The SMILES string of the molecule is OC[C@H]1O[C@H](C[C@@H]2O[C@H](CO)[C@@H](O)[C@H](O)[C@H]2O)[C@@H](O)[C@@H](O)[C@@H]1O. The molecule has 2 fully saturated rings. The van der Waals surface area contributed by atoms with Crippen molar-refractivity contribution in [2.45, 2.75) is 67.5 Å². The molecule has 0 spiro atoms. The van der Waals surface area contributed by atoms with Crippen LogP contribution in [0.25, 0.3) is 0 Å². The number of aliphatic hydroxyl groups is 8. The predicted octanol–water partition coefficient (Wildman–Crippen LogP) is -4.94. The quantitative estimate of drug-likeness (QED) is 0.247. The van der Waals surface area contributed by atoms with Crippen molar-refractivity contribution in [2.75, 3.05) is 13.2 Å². The van der Waals surface area contributed by atoms with E-state index in [4.69, 9.17) is 19.7 Å². The van der Waals surface area contributed by atoms with Crippen LogP contribution in [0.3, 0.4) is 0 Å². The molecular weight excluding hydrogens is 316 g/mol. The minimum Gasteiger partial charge on any atom is -0.394 e. The molecule has 2 aliphatic heterocycles. The van der Waals surface area contributed by atoms with Crippen molar-refractivity contribution >= 4 is 0 Å². The number of ether oxygens (including phenoxy) is 2. The van der Waals surface area contributed by atoms with Crippen LogP contribution in [0.5, 0.6) is 0 Å². The molecule has 2 rings (SSSR count). The largest absolute Gasteiger partial charge is 0.394 e. The zero-order chi connectivity index (χ0) is 17.3. The van der Waals surface area contributed by atoms with Crippen LogP contribution in [0.2, 0.25) is 0 Å². The van der Waals surface area contributed by atoms with E-state index >= 15 is 0 Å². The first-order chi connectivity index (χ1) is 10.8. The molecule has 10 heteroatoms. The molecule has 2 saturated heterocycles. The van der Waals surface area contributed by atoms with E-state index in [0.29, 0.717) is 0 Å². The van der Waals surface area contributed by atoms with Gasteiger partial charge in [-0.3, -0.25) is 0 Å². The summed E-state index contributed by atoms with van der Waals surface area (Å²) in [5, 5.41) is 77.1. The molecule has 10 nitrogen and oxygen atoms in total. The van der Waals surface area contributed by atoms with Gasteiger partial charge in [0.25, 0.3) is 0 Å². The Kier molecular flexibility index (Phi) is 6.30. The molecule has 0 aliphatic carbocycles. The van der Waals surface area contributed by atoms with Crippen molar-refractivity contribution in [3.05, 3.63) is 0 Å². The summed E-state index contributed by atoms with van der Waals surface area (Å²) in [4.78, 5) is 0. The molecule has 8 N–H and O–H groups in total. The van der Waals surface area contributed by atoms with Gasteiger partial charge in [0.1, 0.15) is 48.8 Å². The molecule has 0 radical (unpaired) electrons. The highest BCUT2D eigenvalue weighted by Crippen LogP contribution is 2.29. The van der Waals surface area contributed by atoms with Crippen molar-refractivity contribution in [3.8, 4) is 0 Å². The second kappa shape index (κ2) is 7.66. The average molecular weight is 340 g/mol. The van der Waals surface area contributed by atoms with E-state index in [-0.39, 0.29) is 6.42 Å². The Bertz CT molecular complexity index is 344. The molecular formula is C13H24O10. The second-order valence-corrected chi connectivity index (χ2v) is 5.97. The third-order valence-corrected chi connectivity index (χ3v) is 4.45. The molecule has 0 aromatic rings. The fourth-order valence-electron chi connectivity index (χ4n) is 2.98. The Balaban J connectivity index is 2.07. The fourth-order valence-corrected chi connectivity index (χ4v) is 2.98. The normalized spacial score (nSPS) is 51.7. The highest BCUT2D eigenvalue weighted by Gasteiger charge is 2.48. The van der Waals surface area contributed by atoms with Crippen molar-refractivity contribution < 1.29 is 50.3 Å². The van der Waals surface area contributed by atoms with Gasteiger partial charge >= 0.3 is 0 Å². The van der Waals surface area contributed by atoms with Crippen molar-refractivity contribution in [1.82, 2.24) is 0 Å². The maximum Gasteiger partial charge on any atom is 0.111 e. The summed E-state index contributed by atoms with van der Waals surface area (Å²) in [6.45, 7) is -1.17. The topological polar surface area (TPSA) is 180 Å². The standard InChI is InChI=1S/C13H24O10/c14-2-6-10(18)12(20)8(16)4(22-6)1-5-9(17)13(21)11(19)7(3-15)23-5/h4-21H,1-3H2/t4-,5+,6-,7-,8-,9+,10-,11-,12-,13-/m1/s1. The fraction of sp³-hybridized carbons (Fsp3) is 1.00. The van der Waals surface area contributed by atoms with Gasteiger partial charge < -0.3 is 50.3 Å². The molecule has 23 heavy (non-hydrogen) atoms. The lowest BCUT2D eigenvalue weighted by Crippen LogP contribution is -2.62. The number of hydrogen-bond acceptors (Lipinski definition) is 10. The monoisotopic (exact) mass is 340 g/mol. The lowest BCUT2D eigenvalue weighted by molar-refractivity contribution is -0.262. The molecule has 2 aliphatic rings. The van der Waals surface area contributed by atoms with Crippen molar-refractivity contribution in [1.29, 1.82) is 0 Å². The third-order valence-electron chi connectivity index (χ3n) is 4.45. The van der Waals surface area contributed by atoms with Gasteiger partial charge in [0, 0.05) is 6.42 Å². The maximum atomic E-state index is 9.96. The first-order valence-electron chi connectivity index (χ1n) is 7.42. The molecule has 0 saturated carbocycles. The average Bonchev–Trinajstić information content (AvgIpc) is 2.55. The van der Waals surface area contributed by atoms with E-state index in [1.165, 1.54) is 0 Å². The number of hydrogen-bond donors (Lipinski definition) is 8. The summed E-state index contributed by atoms with van der Waals surface area (Å²) < 4.78 is 10.6. The Morgan fingerprint density at radius 2 is 0.783 bits per heavy atom. The Morgan fingerprint density at radius 1 is 0.478 bits per heavy atom. The van der Waals surface area contributed by atoms with E-state index in [1.807, 2.05) is 0 Å². The van der Waals surface area contributed by atoms with Gasteiger partial charge in [-0.1, -0.05) is 0 Å². The summed E-state index contributed by atoms with van der Waals surface area (Å²) in [6, 6.07) is 0. The van der Waals surface area contributed by atoms with Crippen LogP contribution < -0.4 is 0 Å². The van der Waals surface area contributed by atoms with Crippen LogP contribution in [0.4, 0.5) is 0 Å². The van der Waals surface area contributed by atoms with E-state index < -0.39 is 74.3 Å². The molecule has 10 atom stereocenters. The van der Waals surface area contributed by atoms with Crippen LogP contribution >= 0.6 is 0 Å². The van der Waals surface area contributed by atoms with Crippen LogP contribution in [0.15, 0.2) is 0 Å². The summed E-state index contributed by atoms with van der Waals surface area (Å²) >= 11 is 0. The first kappa shape index (κ1) is 18.9. The van der Waals surface area contributed by atoms with E-state index in [1.54, 1.807) is 0 Å². The number of aliphatic hydroxyl groups excluding tert-OH is 8. The van der Waals surface area contributed by atoms with Crippen LogP contribution in [-0.4, -0.2) is 115 Å². The van der Waals surface area contributed by atoms with Gasteiger partial charge in [-0.25, -0.2) is 0 Å². The minimum absolute atomic E-state index is 0.192. The van der Waals surface area contributed by atoms with Gasteiger partial charge in [0.15, 0.2) is 0 Å². The number of rotatable bonds is 4. The minimum atomic E-state index is -1.56. The summed E-state index contributed by atoms with van der Waals surface area (Å²) in [5.41, 5.74) is 0. The van der Waals surface area contributed by atoms with Gasteiger partial charge in [-0.05, 0) is 0 Å². The maximum absolute atomic E-state index is 9.96. The Labute approximate surface area is 132 Å². The highest BCUT2D eigenvalue weighted by atomic mass is 16.6. The zero-order valence-electron chi connectivity index (χ0n) is 12.3. The molecule has 0 bridgehead atoms. The highest BCUT2D eigenvalue weighted by molar-refractivity contribution is 4.97. The lowest BCUT2D eigenvalue weighted by Gasteiger charge is -2.44. The zero-order valence-corrected chi connectivity index (χ0v) is 12.3. The van der Waals surface area contributed by atoms with Gasteiger partial charge in [0.05, 0.1) is 25.4 Å². The summed E-state index contributed by atoms with van der Waals surface area (Å²) in [6.07, 6.45) is -13.7. The molecule has 0 amide bonds. The van der Waals surface area contributed by atoms with Crippen LogP contribution in [0, 0.1) is 0 Å². The summed E-state index contributed by atoms with van der Waals surface area (Å²) in [5.74, 6) is 0. The smallest absolute Gasteiger partial charge is 0.111 e. The van der Waals surface area contributed by atoms with Gasteiger partial charge in [-0.15, -0.1) is 0 Å². The predicted molar refractivity (Wildman–Crippen MR) is 72.2 cm³/mol. The molecule has 2 heterocycles. The first-order valence-corrected chi connectivity index (χ1v) is 7.42. The second-order valence-electron chi connectivity index (χ2n) is 5.97. The van der Waals surface area contributed by atoms with Crippen LogP contribution in [-0.2, 0) is 9.47 Å². The van der Waals surface area contributed by atoms with E-state index in [9.17, 15) is 30.6 Å². The third kappa shape index (κ3) is 3.66. The van der Waals surface area contributed by atoms with Crippen molar-refractivity contribution in [3.63, 3.8) is 0 Å². The Hall–Kier alpha value is -0.400. The van der Waals surface area contributed by atoms with Gasteiger partial charge in [0.2, 0.25) is 0 Å². The van der Waals surface area contributed by atoms with Crippen molar-refractivity contribution in [2.24, 2.45) is 0 Å². The summed E-state index contributed by atoms with van der Waals surface area (Å²) in [7, 11) is 0. The molecule has 136 valence electrons. The van der Waals surface area contributed by atoms with Crippen LogP contribution in [0.1, 0.15) is 6.42 Å². The molecule has 0 aromatic heterocycles. The van der Waals surface area contributed by atoms with E-state index in [2.05, 4.69) is 0 Å². The van der Waals surface area contributed by atoms with E-state index in [0.717, 1.165) is 0 Å². The molecule has 0 unspecified atom stereocenters. The van der Waals surface area contributed by atoms with Gasteiger partial charge in [-0.2, -0.15) is 0 Å². The Morgan fingerprint density at radius 3 is 1.09 bits per heavy atom. The lowest BCUT2D eigenvalue weighted by atomic mass is 9.87.